The molecule has 1 aromatic carbocycles. The van der Waals surface area contributed by atoms with Crippen molar-refractivity contribution in [1.29, 1.82) is 5.26 Å². The third kappa shape index (κ3) is 3.38. The third-order valence-electron chi connectivity index (χ3n) is 2.24. The molecule has 4 nitrogen and oxygen atoms in total. The van der Waals surface area contributed by atoms with E-state index in [1.54, 1.807) is 0 Å². The topological polar surface area (TPSA) is 59.3 Å². The van der Waals surface area contributed by atoms with Gasteiger partial charge in [-0.05, 0) is 19.1 Å². The summed E-state index contributed by atoms with van der Waals surface area (Å²) < 4.78 is 59.1. The number of nitrogens with zero attached hydrogens (tertiary/aromatic N) is 1. The van der Waals surface area contributed by atoms with E-state index in [9.17, 15) is 22.4 Å². The molecule has 0 saturated heterocycles. The monoisotopic (exact) mass is 291 g/mol. The number of hydrogen-bond acceptors (Lipinski definition) is 4. The van der Waals surface area contributed by atoms with Crippen LogP contribution >= 0.6 is 0 Å². The highest BCUT2D eigenvalue weighted by atomic mass is 19.3. The number of esters is 1. The van der Waals surface area contributed by atoms with Crippen LogP contribution in [0.4, 0.5) is 17.6 Å². The molecule has 1 aromatic rings. The molecule has 108 valence electrons. The molecule has 0 aromatic heterocycles. The minimum atomic E-state index is -3.41. The first-order valence-corrected chi connectivity index (χ1v) is 5.39. The van der Waals surface area contributed by atoms with Gasteiger partial charge in [0.05, 0.1) is 23.3 Å². The van der Waals surface area contributed by atoms with Gasteiger partial charge in [-0.2, -0.15) is 14.0 Å². The molecular weight excluding hydrogens is 282 g/mol. The first kappa shape index (κ1) is 15.8. The average Bonchev–Trinajstić information content (AvgIpc) is 2.37. The zero-order chi connectivity index (χ0) is 15.3. The largest absolute Gasteiger partial charge is 0.462 e. The molecule has 0 amide bonds. The van der Waals surface area contributed by atoms with E-state index >= 15 is 0 Å². The van der Waals surface area contributed by atoms with Gasteiger partial charge in [0.2, 0.25) is 0 Å². The lowest BCUT2D eigenvalue weighted by atomic mass is 10.0. The molecule has 1 rings (SSSR count). The Morgan fingerprint density at radius 3 is 2.45 bits per heavy atom. The zero-order valence-electron chi connectivity index (χ0n) is 10.2. The average molecular weight is 291 g/mol. The lowest BCUT2D eigenvalue weighted by Crippen LogP contribution is -2.13. The van der Waals surface area contributed by atoms with E-state index in [0.29, 0.717) is 0 Å². The molecule has 8 heteroatoms. The first-order valence-electron chi connectivity index (χ1n) is 5.39. The summed E-state index contributed by atoms with van der Waals surface area (Å²) in [5.74, 6) is -2.12. The SMILES string of the molecule is CCOC(=O)c1ccc(C#N)c(OC(F)F)c1C(F)F. The highest BCUT2D eigenvalue weighted by Gasteiger charge is 2.28. The van der Waals surface area contributed by atoms with Crippen LogP contribution in [0.3, 0.4) is 0 Å². The third-order valence-corrected chi connectivity index (χ3v) is 2.24. The summed E-state index contributed by atoms with van der Waals surface area (Å²) in [5, 5.41) is 8.73. The maximum absolute atomic E-state index is 13.0. The Kier molecular flexibility index (Phi) is 5.32. The number of nitriles is 1. The fourth-order valence-electron chi connectivity index (χ4n) is 1.51. The number of benzene rings is 1. The van der Waals surface area contributed by atoms with E-state index in [1.807, 2.05) is 0 Å². The van der Waals surface area contributed by atoms with Crippen molar-refractivity contribution in [3.05, 3.63) is 28.8 Å². The number of carbonyl (C=O) groups excluding carboxylic acids is 1. The van der Waals surface area contributed by atoms with Crippen LogP contribution in [0.25, 0.3) is 0 Å². The number of ether oxygens (including phenoxy) is 2. The first-order chi connectivity index (χ1) is 9.42. The normalized spacial score (nSPS) is 10.5. The summed E-state index contributed by atoms with van der Waals surface area (Å²) in [4.78, 5) is 11.5. The predicted molar refractivity (Wildman–Crippen MR) is 58.7 cm³/mol. The van der Waals surface area contributed by atoms with Gasteiger partial charge >= 0.3 is 12.6 Å². The van der Waals surface area contributed by atoms with E-state index in [-0.39, 0.29) is 6.61 Å². The number of halogens is 4. The highest BCUT2D eigenvalue weighted by molar-refractivity contribution is 5.92. The Hall–Kier alpha value is -2.30. The highest BCUT2D eigenvalue weighted by Crippen LogP contribution is 2.36. The number of alkyl halides is 4. The second-order valence-corrected chi connectivity index (χ2v) is 3.41. The molecule has 0 aliphatic rings. The second kappa shape index (κ2) is 6.75. The molecular formula is C12H9F4NO3. The molecule has 0 fully saturated rings. The minimum absolute atomic E-state index is 0.0768. The maximum atomic E-state index is 13.0. The fraction of sp³-hybridized carbons (Fsp3) is 0.333. The molecule has 0 aliphatic carbocycles. The molecule has 0 radical (unpaired) electrons. The van der Waals surface area contributed by atoms with Gasteiger partial charge in [0.1, 0.15) is 6.07 Å². The Balaban J connectivity index is 3.48. The van der Waals surface area contributed by atoms with Crippen LogP contribution in [-0.2, 0) is 4.74 Å². The second-order valence-electron chi connectivity index (χ2n) is 3.41. The van der Waals surface area contributed by atoms with Gasteiger partial charge < -0.3 is 9.47 Å². The lowest BCUT2D eigenvalue weighted by molar-refractivity contribution is -0.0523. The van der Waals surface area contributed by atoms with E-state index in [1.165, 1.54) is 13.0 Å². The molecule has 0 atom stereocenters. The van der Waals surface area contributed by atoms with Crippen LogP contribution < -0.4 is 4.74 Å². The van der Waals surface area contributed by atoms with Crippen molar-refractivity contribution in [3.63, 3.8) is 0 Å². The standard InChI is InChI=1S/C12H9F4NO3/c1-2-19-11(18)7-4-3-6(5-17)9(20-12(15)16)8(7)10(13)14/h3-4,10,12H,2H2,1H3. The van der Waals surface area contributed by atoms with Crippen molar-refractivity contribution in [2.45, 2.75) is 20.0 Å². The molecule has 0 heterocycles. The Bertz CT molecular complexity index is 540. The molecule has 0 bridgehead atoms. The molecule has 0 aliphatic heterocycles. The zero-order valence-corrected chi connectivity index (χ0v) is 10.2. The summed E-state index contributed by atoms with van der Waals surface area (Å²) in [5.41, 5.74) is -2.21. The van der Waals surface area contributed by atoms with Crippen LogP contribution in [0, 0.1) is 11.3 Å². The number of rotatable bonds is 5. The summed E-state index contributed by atoms with van der Waals surface area (Å²) in [6.45, 7) is -2.02. The van der Waals surface area contributed by atoms with Gasteiger partial charge in [-0.3, -0.25) is 0 Å². The van der Waals surface area contributed by atoms with Crippen molar-refractivity contribution >= 4 is 5.97 Å². The van der Waals surface area contributed by atoms with Crippen molar-refractivity contribution < 1.29 is 31.8 Å². The van der Waals surface area contributed by atoms with Crippen LogP contribution in [0.1, 0.15) is 34.8 Å². The van der Waals surface area contributed by atoms with E-state index < -0.39 is 41.4 Å². The maximum Gasteiger partial charge on any atom is 0.387 e. The summed E-state index contributed by atoms with van der Waals surface area (Å²) in [6.07, 6.45) is -3.28. The summed E-state index contributed by atoms with van der Waals surface area (Å²) in [6, 6.07) is 3.30. The van der Waals surface area contributed by atoms with Crippen LogP contribution in [0.15, 0.2) is 12.1 Å². The van der Waals surface area contributed by atoms with Crippen LogP contribution in [0.5, 0.6) is 5.75 Å². The van der Waals surface area contributed by atoms with Gasteiger partial charge in [-0.25, -0.2) is 13.6 Å². The molecule has 0 spiro atoms. The molecule has 0 unspecified atom stereocenters. The van der Waals surface area contributed by atoms with E-state index in [0.717, 1.165) is 12.1 Å². The Morgan fingerprint density at radius 1 is 1.35 bits per heavy atom. The summed E-state index contributed by atoms with van der Waals surface area (Å²) in [7, 11) is 0. The van der Waals surface area contributed by atoms with Crippen molar-refractivity contribution in [2.24, 2.45) is 0 Å². The van der Waals surface area contributed by atoms with Gasteiger partial charge in [-0.1, -0.05) is 0 Å². The minimum Gasteiger partial charge on any atom is -0.462 e. The van der Waals surface area contributed by atoms with Gasteiger partial charge in [0, 0.05) is 0 Å². The fourth-order valence-corrected chi connectivity index (χ4v) is 1.51. The van der Waals surface area contributed by atoms with E-state index in [4.69, 9.17) is 5.26 Å². The quantitative estimate of drug-likeness (QED) is 0.617. The smallest absolute Gasteiger partial charge is 0.387 e. The lowest BCUT2D eigenvalue weighted by Gasteiger charge is -2.15. The molecule has 0 saturated carbocycles. The van der Waals surface area contributed by atoms with Crippen LogP contribution in [0.2, 0.25) is 0 Å². The molecule has 20 heavy (non-hydrogen) atoms. The van der Waals surface area contributed by atoms with E-state index in [2.05, 4.69) is 9.47 Å². The van der Waals surface area contributed by atoms with Crippen LogP contribution in [-0.4, -0.2) is 19.2 Å². The van der Waals surface area contributed by atoms with Crippen molar-refractivity contribution in [1.82, 2.24) is 0 Å². The van der Waals surface area contributed by atoms with Crippen molar-refractivity contribution in [2.75, 3.05) is 6.61 Å². The molecule has 0 N–H and O–H groups in total. The number of hydrogen-bond donors (Lipinski definition) is 0. The van der Waals surface area contributed by atoms with Gasteiger partial charge in [0.15, 0.2) is 5.75 Å². The number of carbonyl (C=O) groups is 1. The van der Waals surface area contributed by atoms with Gasteiger partial charge in [0.25, 0.3) is 6.43 Å². The summed E-state index contributed by atoms with van der Waals surface area (Å²) >= 11 is 0. The Labute approximate surface area is 111 Å². The van der Waals surface area contributed by atoms with Gasteiger partial charge in [-0.15, -0.1) is 0 Å². The predicted octanol–water partition coefficient (Wildman–Crippen LogP) is 3.27. The Morgan fingerprint density at radius 2 is 2.00 bits per heavy atom. The van der Waals surface area contributed by atoms with Crippen molar-refractivity contribution in [3.8, 4) is 11.8 Å².